The molecule has 0 fully saturated rings. The van der Waals surface area contributed by atoms with E-state index in [9.17, 15) is 15.0 Å². The molecule has 2 aromatic heterocycles. The van der Waals surface area contributed by atoms with E-state index in [-0.39, 0.29) is 5.89 Å². The molecule has 0 radical (unpaired) electrons. The van der Waals surface area contributed by atoms with E-state index in [2.05, 4.69) is 20.4 Å². The highest BCUT2D eigenvalue weighted by Gasteiger charge is 2.31. The minimum Gasteiger partial charge on any atom is -0.394 e. The molecule has 126 valence electrons. The van der Waals surface area contributed by atoms with Gasteiger partial charge in [-0.1, -0.05) is 24.2 Å². The van der Waals surface area contributed by atoms with E-state index >= 15 is 0 Å². The number of nitrogens with zero attached hydrogens (tertiary/aromatic N) is 2. The van der Waals surface area contributed by atoms with Crippen molar-refractivity contribution in [1.29, 1.82) is 0 Å². The van der Waals surface area contributed by atoms with Gasteiger partial charge in [0.05, 0.1) is 18.8 Å². The zero-order valence-corrected chi connectivity index (χ0v) is 13.1. The van der Waals surface area contributed by atoms with E-state index in [4.69, 9.17) is 4.52 Å². The summed E-state index contributed by atoms with van der Waals surface area (Å²) in [5, 5.41) is 26.1. The Morgan fingerprint density at radius 3 is 2.83 bits per heavy atom. The molecule has 3 aromatic rings. The van der Waals surface area contributed by atoms with Crippen molar-refractivity contribution in [1.82, 2.24) is 20.4 Å². The number of benzene rings is 1. The van der Waals surface area contributed by atoms with Gasteiger partial charge in [-0.3, -0.25) is 4.79 Å². The molecule has 0 atom stereocenters. The first kappa shape index (κ1) is 16.2. The Kier molecular flexibility index (Phi) is 4.32. The Bertz CT molecular complexity index is 842. The predicted octanol–water partition coefficient (Wildman–Crippen LogP) is 1.08. The number of carbonyl (C=O) groups excluding carboxylic acids is 1. The van der Waals surface area contributed by atoms with Gasteiger partial charge in [0.15, 0.2) is 0 Å². The third-order valence-corrected chi connectivity index (χ3v) is 4.12. The molecule has 3 rings (SSSR count). The van der Waals surface area contributed by atoms with Gasteiger partial charge in [0.2, 0.25) is 5.82 Å². The normalized spacial score (nSPS) is 11.8. The van der Waals surface area contributed by atoms with Crippen molar-refractivity contribution >= 4 is 16.8 Å². The number of rotatable bonds is 6. The first-order chi connectivity index (χ1) is 11.6. The highest BCUT2D eigenvalue weighted by atomic mass is 16.5. The van der Waals surface area contributed by atoms with Gasteiger partial charge in [-0.2, -0.15) is 4.98 Å². The van der Waals surface area contributed by atoms with Gasteiger partial charge in [0, 0.05) is 22.7 Å². The number of aliphatic hydroxyl groups excluding tert-OH is 2. The van der Waals surface area contributed by atoms with Crippen LogP contribution in [0.1, 0.15) is 24.0 Å². The first-order valence-electron chi connectivity index (χ1n) is 7.57. The van der Waals surface area contributed by atoms with Gasteiger partial charge in [-0.15, -0.1) is 0 Å². The molecule has 1 aromatic carbocycles. The maximum atomic E-state index is 12.3. The monoisotopic (exact) mass is 330 g/mol. The number of aromatic nitrogens is 3. The number of hydrogen-bond acceptors (Lipinski definition) is 6. The van der Waals surface area contributed by atoms with E-state index in [1.54, 1.807) is 13.1 Å². The quantitative estimate of drug-likeness (QED) is 0.536. The van der Waals surface area contributed by atoms with Crippen LogP contribution in [-0.4, -0.2) is 50.0 Å². The average molecular weight is 330 g/mol. The predicted molar refractivity (Wildman–Crippen MR) is 86.3 cm³/mol. The molecular weight excluding hydrogens is 312 g/mol. The zero-order chi connectivity index (χ0) is 17.2. The first-order valence-corrected chi connectivity index (χ1v) is 7.57. The molecule has 0 spiro atoms. The molecule has 4 N–H and O–H groups in total. The van der Waals surface area contributed by atoms with Crippen molar-refractivity contribution in [2.45, 2.75) is 18.9 Å². The average Bonchev–Trinajstić information content (AvgIpc) is 3.28. The standard InChI is InChI=1S/C16H18N4O4/c1-2-16(8-21,9-22)19-14(23)15-18-13(20-24-15)11-4-3-5-12-10(11)6-7-17-12/h3-7,17,21-22H,2,8-9H2,1H3,(H,19,23). The number of aromatic amines is 1. The van der Waals surface area contributed by atoms with Crippen LogP contribution in [0.15, 0.2) is 35.0 Å². The van der Waals surface area contributed by atoms with Crippen LogP contribution in [0.2, 0.25) is 0 Å². The molecule has 24 heavy (non-hydrogen) atoms. The Morgan fingerprint density at radius 2 is 2.12 bits per heavy atom. The molecule has 8 nitrogen and oxygen atoms in total. The Hall–Kier alpha value is -2.71. The lowest BCUT2D eigenvalue weighted by Gasteiger charge is -2.28. The highest BCUT2D eigenvalue weighted by molar-refractivity contribution is 5.94. The van der Waals surface area contributed by atoms with Crippen LogP contribution >= 0.6 is 0 Å². The number of fused-ring (bicyclic) bond motifs is 1. The van der Waals surface area contributed by atoms with E-state index < -0.39 is 24.7 Å². The van der Waals surface area contributed by atoms with Crippen molar-refractivity contribution in [2.75, 3.05) is 13.2 Å². The number of H-pyrrole nitrogens is 1. The number of carbonyl (C=O) groups is 1. The van der Waals surface area contributed by atoms with Gasteiger partial charge in [0.25, 0.3) is 0 Å². The molecule has 2 heterocycles. The lowest BCUT2D eigenvalue weighted by Crippen LogP contribution is -2.53. The summed E-state index contributed by atoms with van der Waals surface area (Å²) in [4.78, 5) is 19.5. The van der Waals surface area contributed by atoms with Gasteiger partial charge in [-0.25, -0.2) is 0 Å². The van der Waals surface area contributed by atoms with Crippen molar-refractivity contribution in [3.8, 4) is 11.4 Å². The zero-order valence-electron chi connectivity index (χ0n) is 13.1. The molecular formula is C16H18N4O4. The summed E-state index contributed by atoms with van der Waals surface area (Å²) in [6.45, 7) is 0.962. The Balaban J connectivity index is 1.88. The summed E-state index contributed by atoms with van der Waals surface area (Å²) in [6.07, 6.45) is 2.16. The molecule has 0 unspecified atom stereocenters. The van der Waals surface area contributed by atoms with Gasteiger partial charge in [0.1, 0.15) is 0 Å². The topological polar surface area (TPSA) is 124 Å². The van der Waals surface area contributed by atoms with E-state index in [0.29, 0.717) is 12.2 Å². The van der Waals surface area contributed by atoms with Crippen molar-refractivity contribution in [3.05, 3.63) is 36.4 Å². The number of nitrogens with one attached hydrogen (secondary N) is 2. The lowest BCUT2D eigenvalue weighted by atomic mass is 9.98. The molecule has 0 saturated carbocycles. The largest absolute Gasteiger partial charge is 0.394 e. The van der Waals surface area contributed by atoms with Crippen LogP contribution in [0, 0.1) is 0 Å². The minimum absolute atomic E-state index is 0.225. The van der Waals surface area contributed by atoms with Gasteiger partial charge in [-0.05, 0) is 18.6 Å². The van der Waals surface area contributed by atoms with Crippen LogP contribution in [0.25, 0.3) is 22.3 Å². The number of amides is 1. The number of hydrogen-bond donors (Lipinski definition) is 4. The molecule has 0 bridgehead atoms. The molecule has 0 saturated heterocycles. The maximum absolute atomic E-state index is 12.3. The van der Waals surface area contributed by atoms with Crippen LogP contribution in [-0.2, 0) is 0 Å². The van der Waals surface area contributed by atoms with Crippen LogP contribution in [0.4, 0.5) is 0 Å². The second-order valence-electron chi connectivity index (χ2n) is 5.57. The fourth-order valence-corrected chi connectivity index (χ4v) is 2.44. The van der Waals surface area contributed by atoms with Gasteiger partial charge < -0.3 is 25.0 Å². The molecule has 0 aliphatic carbocycles. The maximum Gasteiger partial charge on any atom is 0.316 e. The van der Waals surface area contributed by atoms with Gasteiger partial charge >= 0.3 is 11.8 Å². The number of aliphatic hydroxyl groups is 2. The van der Waals surface area contributed by atoms with Crippen LogP contribution in [0.3, 0.4) is 0 Å². The summed E-state index contributed by atoms with van der Waals surface area (Å²) in [5.41, 5.74) is 0.545. The van der Waals surface area contributed by atoms with Crippen molar-refractivity contribution < 1.29 is 19.5 Å². The second kappa shape index (κ2) is 6.42. The third-order valence-electron chi connectivity index (χ3n) is 4.12. The van der Waals surface area contributed by atoms with Crippen molar-refractivity contribution in [3.63, 3.8) is 0 Å². The Morgan fingerprint density at radius 1 is 1.33 bits per heavy atom. The summed E-state index contributed by atoms with van der Waals surface area (Å²) in [6, 6.07) is 7.50. The smallest absolute Gasteiger partial charge is 0.316 e. The molecule has 1 amide bonds. The SMILES string of the molecule is CCC(CO)(CO)NC(=O)c1nc(-c2cccc3[nH]ccc23)no1. The summed E-state index contributed by atoms with van der Waals surface area (Å²) >= 11 is 0. The lowest BCUT2D eigenvalue weighted by molar-refractivity contribution is 0.0620. The molecule has 0 aliphatic heterocycles. The van der Waals surface area contributed by atoms with Crippen molar-refractivity contribution in [2.24, 2.45) is 0 Å². The molecule has 0 aliphatic rings. The summed E-state index contributed by atoms with van der Waals surface area (Å²) in [7, 11) is 0. The van der Waals surface area contributed by atoms with Crippen LogP contribution in [0.5, 0.6) is 0 Å². The minimum atomic E-state index is -1.12. The summed E-state index contributed by atoms with van der Waals surface area (Å²) in [5.74, 6) is -0.572. The molecule has 8 heteroatoms. The fourth-order valence-electron chi connectivity index (χ4n) is 2.44. The Labute approximate surface area is 137 Å². The summed E-state index contributed by atoms with van der Waals surface area (Å²) < 4.78 is 5.04. The van der Waals surface area contributed by atoms with E-state index in [0.717, 1.165) is 16.5 Å². The highest BCUT2D eigenvalue weighted by Crippen LogP contribution is 2.25. The van der Waals surface area contributed by atoms with Crippen LogP contribution < -0.4 is 5.32 Å². The fraction of sp³-hybridized carbons (Fsp3) is 0.312. The third kappa shape index (κ3) is 2.77. The van der Waals surface area contributed by atoms with E-state index in [1.807, 2.05) is 24.3 Å². The second-order valence-corrected chi connectivity index (χ2v) is 5.57. The van der Waals surface area contributed by atoms with E-state index in [1.165, 1.54) is 0 Å².